The minimum Gasteiger partial charge on any atom is -0.444 e. The van der Waals surface area contributed by atoms with Gasteiger partial charge in [0, 0.05) is 31.1 Å². The van der Waals surface area contributed by atoms with Crippen LogP contribution < -0.4 is 5.56 Å². The fraction of sp³-hybridized carbons (Fsp3) is 0.583. The maximum absolute atomic E-state index is 13.0. The summed E-state index contributed by atoms with van der Waals surface area (Å²) in [5, 5.41) is 5.49. The van der Waals surface area contributed by atoms with Crippen LogP contribution in [0.2, 0.25) is 0 Å². The molecule has 0 bridgehead atoms. The van der Waals surface area contributed by atoms with Crippen LogP contribution in [0.3, 0.4) is 0 Å². The van der Waals surface area contributed by atoms with Crippen molar-refractivity contribution in [2.24, 2.45) is 5.92 Å². The fourth-order valence-electron chi connectivity index (χ4n) is 4.00. The lowest BCUT2D eigenvalue weighted by Gasteiger charge is -2.37. The van der Waals surface area contributed by atoms with Crippen LogP contribution in [0.4, 0.5) is 4.79 Å². The molecule has 1 aromatic heterocycles. The maximum atomic E-state index is 13.0. The third kappa shape index (κ3) is 5.87. The first kappa shape index (κ1) is 23.8. The van der Waals surface area contributed by atoms with E-state index < -0.39 is 5.60 Å². The highest BCUT2D eigenvalue weighted by atomic mass is 16.6. The van der Waals surface area contributed by atoms with Crippen LogP contribution in [0.1, 0.15) is 47.5 Å². The van der Waals surface area contributed by atoms with Crippen LogP contribution in [0.25, 0.3) is 10.8 Å². The van der Waals surface area contributed by atoms with E-state index in [1.54, 1.807) is 28.1 Å². The Hall–Kier alpha value is -2.90. The van der Waals surface area contributed by atoms with Crippen LogP contribution in [0.15, 0.2) is 35.3 Å². The number of aromatic nitrogens is 2. The fourth-order valence-corrected chi connectivity index (χ4v) is 4.00. The molecular formula is C24H34N4O4. The van der Waals surface area contributed by atoms with Crippen molar-refractivity contribution >= 4 is 22.8 Å². The molecule has 1 aliphatic heterocycles. The Morgan fingerprint density at radius 2 is 1.97 bits per heavy atom. The molecule has 2 aromatic rings. The number of carbonyl (C=O) groups excluding carboxylic acids is 2. The van der Waals surface area contributed by atoms with Gasteiger partial charge in [-0.1, -0.05) is 18.2 Å². The highest BCUT2D eigenvalue weighted by Gasteiger charge is 2.30. The van der Waals surface area contributed by atoms with Gasteiger partial charge in [0.2, 0.25) is 5.91 Å². The molecule has 174 valence electrons. The van der Waals surface area contributed by atoms with Gasteiger partial charge in [-0.15, -0.1) is 0 Å². The summed E-state index contributed by atoms with van der Waals surface area (Å²) in [6, 6.07) is 7.22. The molecule has 1 aliphatic rings. The van der Waals surface area contributed by atoms with Gasteiger partial charge in [0.05, 0.1) is 11.6 Å². The summed E-state index contributed by atoms with van der Waals surface area (Å²) in [6.45, 7) is 11.1. The summed E-state index contributed by atoms with van der Waals surface area (Å²) in [5.41, 5.74) is -0.820. The summed E-state index contributed by atoms with van der Waals surface area (Å²) < 4.78 is 6.80. The largest absolute Gasteiger partial charge is 0.444 e. The lowest BCUT2D eigenvalue weighted by Crippen LogP contribution is -2.49. The number of rotatable bonds is 5. The SMILES string of the molecule is CC(C)N(CC1CCCN(C(=O)Cn2ncc3ccccc3c2=O)C1)C(=O)OC(C)(C)C. The van der Waals surface area contributed by atoms with Crippen LogP contribution in [-0.2, 0) is 16.1 Å². The molecule has 32 heavy (non-hydrogen) atoms. The van der Waals surface area contributed by atoms with Gasteiger partial charge in [-0.05, 0) is 59.4 Å². The van der Waals surface area contributed by atoms with Crippen LogP contribution in [0, 0.1) is 5.92 Å². The molecule has 1 atom stereocenters. The van der Waals surface area contributed by atoms with Crippen LogP contribution in [-0.4, -0.2) is 62.9 Å². The number of fused-ring (bicyclic) bond motifs is 1. The number of likely N-dealkylation sites (tertiary alicyclic amines) is 1. The molecule has 1 aromatic carbocycles. The Bertz CT molecular complexity index is 1020. The highest BCUT2D eigenvalue weighted by Crippen LogP contribution is 2.21. The first-order chi connectivity index (χ1) is 15.0. The second kappa shape index (κ2) is 9.71. The number of amides is 2. The topological polar surface area (TPSA) is 84.7 Å². The lowest BCUT2D eigenvalue weighted by molar-refractivity contribution is -0.134. The standard InChI is InChI=1S/C24H34N4O4/c1-17(2)27(23(31)32-24(3,4)5)15-18-9-8-12-26(14-18)21(29)16-28-22(30)20-11-7-6-10-19(20)13-25-28/h6-7,10-11,13,17-18H,8-9,12,14-16H2,1-5H3. The van der Waals surface area contributed by atoms with Gasteiger partial charge >= 0.3 is 6.09 Å². The molecule has 2 heterocycles. The highest BCUT2D eigenvalue weighted by molar-refractivity contribution is 5.81. The molecule has 0 saturated carbocycles. The van der Waals surface area contributed by atoms with Gasteiger partial charge in [-0.25, -0.2) is 9.48 Å². The quantitative estimate of drug-likeness (QED) is 0.709. The predicted molar refractivity (Wildman–Crippen MR) is 123 cm³/mol. The normalized spacial score (nSPS) is 16.9. The maximum Gasteiger partial charge on any atom is 0.410 e. The molecule has 0 spiro atoms. The molecule has 8 nitrogen and oxygen atoms in total. The van der Waals surface area contributed by atoms with Crippen molar-refractivity contribution in [1.82, 2.24) is 19.6 Å². The number of nitrogens with zero attached hydrogens (tertiary/aromatic N) is 4. The summed E-state index contributed by atoms with van der Waals surface area (Å²) in [6.07, 6.45) is 3.08. The van der Waals surface area contributed by atoms with E-state index in [2.05, 4.69) is 5.10 Å². The summed E-state index contributed by atoms with van der Waals surface area (Å²) in [5.74, 6) is 0.0249. The second-order valence-corrected chi connectivity index (χ2v) is 9.77. The average Bonchev–Trinajstić information content (AvgIpc) is 2.73. The minimum atomic E-state index is -0.557. The van der Waals surface area contributed by atoms with Crippen molar-refractivity contribution in [3.8, 4) is 0 Å². The molecule has 0 aliphatic carbocycles. The summed E-state index contributed by atoms with van der Waals surface area (Å²) in [7, 11) is 0. The van der Waals surface area contributed by atoms with Gasteiger partial charge in [0.25, 0.3) is 5.56 Å². The molecule has 1 saturated heterocycles. The lowest BCUT2D eigenvalue weighted by atomic mass is 9.97. The Balaban J connectivity index is 1.66. The van der Waals surface area contributed by atoms with Gasteiger partial charge < -0.3 is 14.5 Å². The number of carbonyl (C=O) groups is 2. The first-order valence-corrected chi connectivity index (χ1v) is 11.3. The number of hydrogen-bond donors (Lipinski definition) is 0. The Labute approximate surface area is 189 Å². The monoisotopic (exact) mass is 442 g/mol. The number of hydrogen-bond acceptors (Lipinski definition) is 5. The smallest absolute Gasteiger partial charge is 0.410 e. The van der Waals surface area contributed by atoms with Crippen molar-refractivity contribution in [3.63, 3.8) is 0 Å². The second-order valence-electron chi connectivity index (χ2n) is 9.77. The third-order valence-electron chi connectivity index (χ3n) is 5.62. The van der Waals surface area contributed by atoms with Gasteiger partial charge in [0.15, 0.2) is 0 Å². The van der Waals surface area contributed by atoms with E-state index in [0.717, 1.165) is 18.2 Å². The Kier molecular flexibility index (Phi) is 7.21. The predicted octanol–water partition coefficient (Wildman–Crippen LogP) is 3.28. The van der Waals surface area contributed by atoms with Crippen molar-refractivity contribution in [2.75, 3.05) is 19.6 Å². The van der Waals surface area contributed by atoms with Crippen molar-refractivity contribution in [3.05, 3.63) is 40.8 Å². The summed E-state index contributed by atoms with van der Waals surface area (Å²) >= 11 is 0. The number of ether oxygens (including phenoxy) is 1. The Morgan fingerprint density at radius 3 is 2.66 bits per heavy atom. The van der Waals surface area contributed by atoms with Gasteiger partial charge in [-0.3, -0.25) is 9.59 Å². The van der Waals surface area contributed by atoms with E-state index in [9.17, 15) is 14.4 Å². The van der Waals surface area contributed by atoms with E-state index in [4.69, 9.17) is 4.74 Å². The van der Waals surface area contributed by atoms with Gasteiger partial charge in [0.1, 0.15) is 12.1 Å². The molecule has 8 heteroatoms. The van der Waals surface area contributed by atoms with Gasteiger partial charge in [-0.2, -0.15) is 5.10 Å². The van der Waals surface area contributed by atoms with E-state index in [1.165, 1.54) is 4.68 Å². The van der Waals surface area contributed by atoms with E-state index in [1.807, 2.05) is 46.8 Å². The molecule has 1 unspecified atom stereocenters. The zero-order valence-corrected chi connectivity index (χ0v) is 19.7. The van der Waals surface area contributed by atoms with Crippen LogP contribution >= 0.6 is 0 Å². The van der Waals surface area contributed by atoms with Crippen LogP contribution in [0.5, 0.6) is 0 Å². The first-order valence-electron chi connectivity index (χ1n) is 11.3. The Morgan fingerprint density at radius 1 is 1.25 bits per heavy atom. The van der Waals surface area contributed by atoms with E-state index in [0.29, 0.717) is 25.0 Å². The molecule has 1 fully saturated rings. The van der Waals surface area contributed by atoms with Crippen molar-refractivity contribution in [1.29, 1.82) is 0 Å². The van der Waals surface area contributed by atoms with E-state index >= 15 is 0 Å². The number of benzene rings is 1. The van der Waals surface area contributed by atoms with E-state index in [-0.39, 0.29) is 36.1 Å². The molecule has 0 radical (unpaired) electrons. The molecule has 2 amide bonds. The minimum absolute atomic E-state index is 0.00342. The average molecular weight is 443 g/mol. The molecule has 0 N–H and O–H groups in total. The molecule has 3 rings (SSSR count). The molecular weight excluding hydrogens is 408 g/mol. The zero-order valence-electron chi connectivity index (χ0n) is 19.7. The zero-order chi connectivity index (χ0) is 23.5. The number of piperidine rings is 1. The summed E-state index contributed by atoms with van der Waals surface area (Å²) in [4.78, 5) is 41.8. The third-order valence-corrected chi connectivity index (χ3v) is 5.62. The van der Waals surface area contributed by atoms with Crippen molar-refractivity contribution in [2.45, 2.75) is 65.6 Å². The van der Waals surface area contributed by atoms with Crippen molar-refractivity contribution < 1.29 is 14.3 Å².